The van der Waals surface area contributed by atoms with Crippen LogP contribution in [0.2, 0.25) is 0 Å². The Hall–Kier alpha value is -2.36. The molecule has 0 atom stereocenters. The molecule has 0 N–H and O–H groups in total. The van der Waals surface area contributed by atoms with E-state index in [-0.39, 0.29) is 24.9 Å². The van der Waals surface area contributed by atoms with E-state index in [0.29, 0.717) is 17.4 Å². The number of fused-ring (bicyclic) bond motifs is 2. The molecule has 1 saturated heterocycles. The van der Waals surface area contributed by atoms with E-state index in [1.54, 1.807) is 28.0 Å². The lowest BCUT2D eigenvalue weighted by molar-refractivity contribution is -0.120. The lowest BCUT2D eigenvalue weighted by atomic mass is 10.1. The third-order valence-electron chi connectivity index (χ3n) is 5.94. The summed E-state index contributed by atoms with van der Waals surface area (Å²) < 4.78 is 12.5. The topological polar surface area (TPSA) is 54.9 Å². The molecule has 2 heterocycles. The summed E-state index contributed by atoms with van der Waals surface area (Å²) in [5.74, 6) is 0.597. The molecule has 9 heteroatoms. The number of rotatable bonds is 8. The fraction of sp³-hybridized carbons (Fsp3) is 0.308. The van der Waals surface area contributed by atoms with Gasteiger partial charge in [0.1, 0.15) is 5.75 Å². The maximum absolute atomic E-state index is 13.4. The van der Waals surface area contributed by atoms with Crippen molar-refractivity contribution in [3.8, 4) is 5.75 Å². The number of thioether (sulfide) groups is 1. The standard InChI is InChI=1S/C26H27N3O3S2.ClH/c1-33-22-8-9-23-24(17-22)34-26(27-23)29(11-10-28-12-14-31-15-13-28)25(30)18-32-21-7-6-19-4-2-3-5-20(19)16-21;/h2-9,16-17H,10-15,18H2,1H3;1H. The first-order chi connectivity index (χ1) is 16.7. The second-order valence-corrected chi connectivity index (χ2v) is 10.0. The van der Waals surface area contributed by atoms with Crippen molar-refractivity contribution in [1.82, 2.24) is 9.88 Å². The van der Waals surface area contributed by atoms with E-state index in [1.807, 2.05) is 42.5 Å². The average Bonchev–Trinajstić information content (AvgIpc) is 3.31. The minimum Gasteiger partial charge on any atom is -0.484 e. The van der Waals surface area contributed by atoms with E-state index in [2.05, 4.69) is 29.4 Å². The van der Waals surface area contributed by atoms with Gasteiger partial charge in [0.05, 0.1) is 23.4 Å². The number of halogens is 1. The van der Waals surface area contributed by atoms with Crippen LogP contribution in [0.1, 0.15) is 0 Å². The first kappa shape index (κ1) is 25.7. The Bertz CT molecular complexity index is 1290. The van der Waals surface area contributed by atoms with Gasteiger partial charge in [0.25, 0.3) is 5.91 Å². The highest BCUT2D eigenvalue weighted by atomic mass is 35.5. The summed E-state index contributed by atoms with van der Waals surface area (Å²) in [7, 11) is 0. The Morgan fingerprint density at radius 1 is 1.11 bits per heavy atom. The van der Waals surface area contributed by atoms with E-state index in [0.717, 1.165) is 53.8 Å². The highest BCUT2D eigenvalue weighted by Crippen LogP contribution is 2.32. The van der Waals surface area contributed by atoms with E-state index in [1.165, 1.54) is 4.90 Å². The van der Waals surface area contributed by atoms with Gasteiger partial charge in [-0.3, -0.25) is 14.6 Å². The fourth-order valence-electron chi connectivity index (χ4n) is 4.01. The van der Waals surface area contributed by atoms with E-state index < -0.39 is 0 Å². The third-order valence-corrected chi connectivity index (χ3v) is 7.71. The lowest BCUT2D eigenvalue weighted by Crippen LogP contribution is -2.44. The zero-order chi connectivity index (χ0) is 23.3. The zero-order valence-electron chi connectivity index (χ0n) is 19.5. The largest absolute Gasteiger partial charge is 0.484 e. The van der Waals surface area contributed by atoms with Gasteiger partial charge >= 0.3 is 0 Å². The first-order valence-electron chi connectivity index (χ1n) is 11.4. The van der Waals surface area contributed by atoms with Gasteiger partial charge in [-0.1, -0.05) is 41.7 Å². The predicted octanol–water partition coefficient (Wildman–Crippen LogP) is 5.34. The molecule has 1 aromatic heterocycles. The Morgan fingerprint density at radius 2 is 1.91 bits per heavy atom. The van der Waals surface area contributed by atoms with Gasteiger partial charge in [-0.2, -0.15) is 0 Å². The first-order valence-corrected chi connectivity index (χ1v) is 13.4. The van der Waals surface area contributed by atoms with Crippen LogP contribution in [0, 0.1) is 0 Å². The Balaban J connectivity index is 0.00000289. The number of amides is 1. The van der Waals surface area contributed by atoms with Crippen molar-refractivity contribution in [3.63, 3.8) is 0 Å². The second kappa shape index (κ2) is 12.1. The molecule has 0 spiro atoms. The maximum atomic E-state index is 13.4. The second-order valence-electron chi connectivity index (χ2n) is 8.13. The Kier molecular flexibility index (Phi) is 8.86. The Labute approximate surface area is 219 Å². The number of ether oxygens (including phenoxy) is 2. The number of thiazole rings is 1. The van der Waals surface area contributed by atoms with Crippen molar-refractivity contribution in [2.75, 3.05) is 57.2 Å². The molecule has 184 valence electrons. The number of hydrogen-bond acceptors (Lipinski definition) is 7. The van der Waals surface area contributed by atoms with Gasteiger partial charge in [-0.25, -0.2) is 4.98 Å². The zero-order valence-corrected chi connectivity index (χ0v) is 22.0. The normalized spacial score (nSPS) is 14.1. The quantitative estimate of drug-likeness (QED) is 0.287. The van der Waals surface area contributed by atoms with Crippen LogP contribution in [-0.2, 0) is 9.53 Å². The molecule has 1 aliphatic heterocycles. The van der Waals surface area contributed by atoms with Crippen LogP contribution >= 0.6 is 35.5 Å². The highest BCUT2D eigenvalue weighted by Gasteiger charge is 2.22. The van der Waals surface area contributed by atoms with Crippen molar-refractivity contribution >= 4 is 67.5 Å². The van der Waals surface area contributed by atoms with Gasteiger partial charge in [-0.05, 0) is 47.4 Å². The SMILES string of the molecule is CSc1ccc2nc(N(CCN3CCOCC3)C(=O)COc3ccc4ccccc4c3)sc2c1.Cl. The summed E-state index contributed by atoms with van der Waals surface area (Å²) in [6, 6.07) is 20.3. The molecule has 0 aliphatic carbocycles. The van der Waals surface area contributed by atoms with E-state index >= 15 is 0 Å². The maximum Gasteiger partial charge on any atom is 0.266 e. The number of aromatic nitrogens is 1. The molecule has 3 aromatic carbocycles. The number of nitrogens with zero attached hydrogens (tertiary/aromatic N) is 3. The van der Waals surface area contributed by atoms with Crippen LogP contribution in [0.25, 0.3) is 21.0 Å². The molecule has 0 bridgehead atoms. The van der Waals surface area contributed by atoms with Crippen molar-refractivity contribution in [2.45, 2.75) is 4.90 Å². The summed E-state index contributed by atoms with van der Waals surface area (Å²) in [4.78, 5) is 23.5. The number of morpholine rings is 1. The highest BCUT2D eigenvalue weighted by molar-refractivity contribution is 7.98. The van der Waals surface area contributed by atoms with Crippen LogP contribution in [0.4, 0.5) is 5.13 Å². The summed E-state index contributed by atoms with van der Waals surface area (Å²) in [5.41, 5.74) is 0.914. The molecule has 0 saturated carbocycles. The third kappa shape index (κ3) is 6.26. The number of carbonyl (C=O) groups is 1. The molecule has 0 unspecified atom stereocenters. The minimum atomic E-state index is -0.0921. The Morgan fingerprint density at radius 3 is 2.71 bits per heavy atom. The number of carbonyl (C=O) groups excluding carboxylic acids is 1. The smallest absolute Gasteiger partial charge is 0.266 e. The van der Waals surface area contributed by atoms with Crippen LogP contribution in [0.3, 0.4) is 0 Å². The molecule has 1 aliphatic rings. The van der Waals surface area contributed by atoms with Crippen LogP contribution < -0.4 is 9.64 Å². The molecule has 1 amide bonds. The molecule has 5 rings (SSSR count). The van der Waals surface area contributed by atoms with Gasteiger partial charge in [0.2, 0.25) is 0 Å². The number of anilines is 1. The summed E-state index contributed by atoms with van der Waals surface area (Å²) >= 11 is 3.26. The predicted molar refractivity (Wildman–Crippen MR) is 148 cm³/mol. The van der Waals surface area contributed by atoms with E-state index in [9.17, 15) is 4.79 Å². The van der Waals surface area contributed by atoms with Crippen LogP contribution in [-0.4, -0.2) is 68.0 Å². The van der Waals surface area contributed by atoms with Gasteiger partial charge in [0, 0.05) is 31.1 Å². The van der Waals surface area contributed by atoms with Crippen LogP contribution in [0.15, 0.2) is 65.6 Å². The molecular formula is C26H28ClN3O3S2. The van der Waals surface area contributed by atoms with Gasteiger partial charge < -0.3 is 9.47 Å². The van der Waals surface area contributed by atoms with E-state index in [4.69, 9.17) is 14.5 Å². The molecular weight excluding hydrogens is 502 g/mol. The van der Waals surface area contributed by atoms with Crippen molar-refractivity contribution in [2.24, 2.45) is 0 Å². The van der Waals surface area contributed by atoms with Gasteiger partial charge in [-0.15, -0.1) is 24.2 Å². The van der Waals surface area contributed by atoms with Crippen molar-refractivity contribution in [3.05, 3.63) is 60.7 Å². The van der Waals surface area contributed by atoms with Crippen molar-refractivity contribution < 1.29 is 14.3 Å². The fourth-order valence-corrected chi connectivity index (χ4v) is 5.57. The molecule has 6 nitrogen and oxygen atoms in total. The monoisotopic (exact) mass is 529 g/mol. The summed E-state index contributed by atoms with van der Waals surface area (Å²) in [6.45, 7) is 4.54. The number of benzene rings is 3. The average molecular weight is 530 g/mol. The summed E-state index contributed by atoms with van der Waals surface area (Å²) in [5, 5.41) is 2.95. The number of hydrogen-bond donors (Lipinski definition) is 0. The molecule has 4 aromatic rings. The van der Waals surface area contributed by atoms with Gasteiger partial charge in [0.15, 0.2) is 11.7 Å². The van der Waals surface area contributed by atoms with Crippen molar-refractivity contribution in [1.29, 1.82) is 0 Å². The summed E-state index contributed by atoms with van der Waals surface area (Å²) in [6.07, 6.45) is 2.06. The molecule has 1 fully saturated rings. The molecule has 0 radical (unpaired) electrons. The van der Waals surface area contributed by atoms with Crippen LogP contribution in [0.5, 0.6) is 5.75 Å². The lowest BCUT2D eigenvalue weighted by Gasteiger charge is -2.29. The molecule has 35 heavy (non-hydrogen) atoms. The minimum absolute atomic E-state index is 0.